The normalized spacial score (nSPS) is 50.2. The van der Waals surface area contributed by atoms with Gasteiger partial charge >= 0.3 is 6.03 Å². The Hall–Kier alpha value is -0.260. The molecule has 4 bridgehead atoms. The molecule has 104 valence electrons. The number of carbonyl (C=O) groups is 2. The maximum absolute atomic E-state index is 12.0. The summed E-state index contributed by atoms with van der Waals surface area (Å²) in [6, 6.07) is -0.679. The van der Waals surface area contributed by atoms with Crippen LogP contribution in [0.1, 0.15) is 0 Å². The zero-order valence-electron chi connectivity index (χ0n) is 9.21. The molecule has 5 aliphatic rings. The highest BCUT2D eigenvalue weighted by molar-refractivity contribution is 9.26. The van der Waals surface area contributed by atoms with Gasteiger partial charge in [-0.05, 0) is 0 Å². The highest BCUT2D eigenvalue weighted by atomic mass is 79.9. The van der Waals surface area contributed by atoms with Gasteiger partial charge in [-0.1, -0.05) is 31.9 Å². The summed E-state index contributed by atoms with van der Waals surface area (Å²) in [6.07, 6.45) is -3.03. The highest BCUT2D eigenvalue weighted by Crippen LogP contribution is 2.55. The third-order valence-electron chi connectivity index (χ3n) is 3.74. The monoisotopic (exact) mass is 398 g/mol. The van der Waals surface area contributed by atoms with E-state index in [1.54, 1.807) is 0 Å². The van der Waals surface area contributed by atoms with Gasteiger partial charge in [0.15, 0.2) is 6.23 Å². The smallest absolute Gasteiger partial charge is 0.330 e. The van der Waals surface area contributed by atoms with E-state index in [9.17, 15) is 14.7 Å². The lowest BCUT2D eigenvalue weighted by Gasteiger charge is -2.45. The summed E-state index contributed by atoms with van der Waals surface area (Å²) in [4.78, 5) is 25.2. The molecule has 0 aliphatic carbocycles. The number of aliphatic hydroxyl groups excluding tert-OH is 1. The van der Waals surface area contributed by atoms with Crippen molar-refractivity contribution in [3.8, 4) is 0 Å². The lowest BCUT2D eigenvalue weighted by atomic mass is 10.1. The van der Waals surface area contributed by atoms with E-state index < -0.39 is 45.6 Å². The van der Waals surface area contributed by atoms with E-state index in [1.807, 2.05) is 0 Å². The Morgan fingerprint density at radius 1 is 1.42 bits per heavy atom. The third-order valence-corrected chi connectivity index (χ3v) is 5.47. The number of ether oxygens (including phenoxy) is 3. The molecule has 5 heterocycles. The fraction of sp³-hybridized carbons (Fsp3) is 0.778. The Kier molecular flexibility index (Phi) is 2.29. The molecule has 5 rings (SSSR count). The van der Waals surface area contributed by atoms with Crippen LogP contribution in [0.5, 0.6) is 0 Å². The number of carbonyl (C=O) groups excluding carboxylic acids is 2. The summed E-state index contributed by atoms with van der Waals surface area (Å²) < 4.78 is 15.4. The second-order valence-corrected chi connectivity index (χ2v) is 8.18. The Balaban J connectivity index is 1.91. The summed E-state index contributed by atoms with van der Waals surface area (Å²) in [5.41, 5.74) is 0. The van der Waals surface area contributed by atoms with Crippen molar-refractivity contribution in [3.05, 3.63) is 0 Å². The number of nitrogens with one attached hydrogen (secondary N) is 1. The average Bonchev–Trinajstić information content (AvgIpc) is 2.65. The highest BCUT2D eigenvalue weighted by Gasteiger charge is 2.77. The molecule has 0 saturated carbocycles. The molecule has 19 heavy (non-hydrogen) atoms. The first-order valence-corrected chi connectivity index (χ1v) is 7.15. The number of imide groups is 1. The Bertz CT molecular complexity index is 501. The summed E-state index contributed by atoms with van der Waals surface area (Å²) in [7, 11) is 0. The molecule has 2 N–H and O–H groups in total. The van der Waals surface area contributed by atoms with Crippen molar-refractivity contribution < 1.29 is 28.9 Å². The summed E-state index contributed by atoms with van der Waals surface area (Å²) in [5, 5.41) is 12.2. The fourth-order valence-electron chi connectivity index (χ4n) is 2.84. The van der Waals surface area contributed by atoms with E-state index in [-0.39, 0.29) is 6.61 Å². The van der Waals surface area contributed by atoms with Crippen molar-refractivity contribution in [2.75, 3.05) is 6.61 Å². The molecule has 0 radical (unpaired) electrons. The van der Waals surface area contributed by atoms with Crippen LogP contribution in [0.2, 0.25) is 0 Å². The van der Waals surface area contributed by atoms with E-state index in [1.165, 1.54) is 4.90 Å². The Morgan fingerprint density at radius 3 is 2.89 bits per heavy atom. The van der Waals surface area contributed by atoms with Crippen molar-refractivity contribution in [1.82, 2.24) is 10.2 Å². The van der Waals surface area contributed by atoms with Gasteiger partial charge in [-0.25, -0.2) is 9.69 Å². The number of alkyl halides is 2. The molecule has 3 amide bonds. The molecule has 0 aromatic carbocycles. The van der Waals surface area contributed by atoms with Gasteiger partial charge in [-0.2, -0.15) is 0 Å². The first-order valence-electron chi connectivity index (χ1n) is 5.56. The second kappa shape index (κ2) is 3.49. The summed E-state index contributed by atoms with van der Waals surface area (Å²) in [5.74, 6) is -2.31. The molecule has 5 saturated heterocycles. The number of halogens is 2. The maximum atomic E-state index is 12.0. The first-order chi connectivity index (χ1) is 8.88. The topological polar surface area (TPSA) is 97.3 Å². The molecule has 0 aromatic rings. The molecular formula is C9H8Br2N2O6. The zero-order chi connectivity index (χ0) is 13.6. The van der Waals surface area contributed by atoms with Crippen LogP contribution in [0, 0.1) is 0 Å². The standard InChI is InChI=1S/C9H8Br2N2O6/c10-8(11)6(15)12-7(16)13-5-4-3(14)2(18-5)1-17-9(8,13)19-4/h2-5,14H,1H2,(H,12,15,16)/t2-,3+,4+,5-,9+/m1/s1. The summed E-state index contributed by atoms with van der Waals surface area (Å²) >= 11 is 6.39. The largest absolute Gasteiger partial charge is 0.387 e. The van der Waals surface area contributed by atoms with Gasteiger partial charge in [-0.15, -0.1) is 0 Å². The van der Waals surface area contributed by atoms with E-state index in [4.69, 9.17) is 14.2 Å². The number of fused-ring (bicyclic) bond motifs is 1. The van der Waals surface area contributed by atoms with Gasteiger partial charge in [0.2, 0.25) is 3.23 Å². The van der Waals surface area contributed by atoms with Crippen LogP contribution in [0.25, 0.3) is 0 Å². The van der Waals surface area contributed by atoms with Crippen LogP contribution in [-0.4, -0.2) is 62.2 Å². The van der Waals surface area contributed by atoms with E-state index >= 15 is 0 Å². The van der Waals surface area contributed by atoms with Gasteiger partial charge in [0.05, 0.1) is 6.61 Å². The Morgan fingerprint density at radius 2 is 2.16 bits per heavy atom. The van der Waals surface area contributed by atoms with Gasteiger partial charge in [0, 0.05) is 0 Å². The van der Waals surface area contributed by atoms with Crippen molar-refractivity contribution >= 4 is 43.8 Å². The lowest BCUT2D eigenvalue weighted by Crippen LogP contribution is -2.73. The SMILES string of the molecule is O=C1NC(=O)C(Br)(Br)[C@]23OC[C@H]4O[C@H]([C@@H](O2)[C@H]4O)N13. The molecule has 5 aliphatic heterocycles. The van der Waals surface area contributed by atoms with Crippen LogP contribution >= 0.6 is 31.9 Å². The van der Waals surface area contributed by atoms with Crippen molar-refractivity contribution in [2.24, 2.45) is 0 Å². The predicted molar refractivity (Wildman–Crippen MR) is 64.2 cm³/mol. The predicted octanol–water partition coefficient (Wildman–Crippen LogP) is -0.807. The minimum absolute atomic E-state index is 0.0180. The Labute approximate surface area is 123 Å². The minimum atomic E-state index is -1.67. The van der Waals surface area contributed by atoms with Crippen molar-refractivity contribution in [1.29, 1.82) is 0 Å². The van der Waals surface area contributed by atoms with Crippen LogP contribution in [0.15, 0.2) is 0 Å². The van der Waals surface area contributed by atoms with E-state index in [2.05, 4.69) is 37.2 Å². The molecule has 0 aromatic heterocycles. The fourth-order valence-corrected chi connectivity index (χ4v) is 3.84. The number of hydrogen-bond donors (Lipinski definition) is 2. The van der Waals surface area contributed by atoms with E-state index in [0.29, 0.717) is 0 Å². The van der Waals surface area contributed by atoms with Crippen LogP contribution in [0.3, 0.4) is 0 Å². The maximum Gasteiger partial charge on any atom is 0.330 e. The van der Waals surface area contributed by atoms with Gasteiger partial charge in [-0.3, -0.25) is 10.1 Å². The first kappa shape index (κ1) is 12.5. The van der Waals surface area contributed by atoms with Gasteiger partial charge in [0.25, 0.3) is 11.8 Å². The van der Waals surface area contributed by atoms with E-state index in [0.717, 1.165) is 0 Å². The van der Waals surface area contributed by atoms with Crippen LogP contribution in [0.4, 0.5) is 4.79 Å². The number of rotatable bonds is 0. The number of amides is 3. The number of hydrogen-bond acceptors (Lipinski definition) is 6. The summed E-state index contributed by atoms with van der Waals surface area (Å²) in [6.45, 7) is 0.0180. The minimum Gasteiger partial charge on any atom is -0.387 e. The van der Waals surface area contributed by atoms with Gasteiger partial charge < -0.3 is 19.3 Å². The molecule has 1 spiro atoms. The number of aliphatic hydroxyl groups is 1. The number of urea groups is 1. The molecule has 5 fully saturated rings. The third kappa shape index (κ3) is 1.23. The molecule has 10 heteroatoms. The lowest BCUT2D eigenvalue weighted by molar-refractivity contribution is -0.268. The zero-order valence-corrected chi connectivity index (χ0v) is 12.4. The molecule has 8 nitrogen and oxygen atoms in total. The second-order valence-electron chi connectivity index (χ2n) is 4.73. The molecule has 0 unspecified atom stereocenters. The number of nitrogens with zero attached hydrogens (tertiary/aromatic N) is 1. The average molecular weight is 400 g/mol. The molecule has 5 atom stereocenters. The van der Waals surface area contributed by atoms with Crippen molar-refractivity contribution in [2.45, 2.75) is 33.7 Å². The van der Waals surface area contributed by atoms with Crippen LogP contribution < -0.4 is 5.32 Å². The van der Waals surface area contributed by atoms with Gasteiger partial charge in [0.1, 0.15) is 18.3 Å². The van der Waals surface area contributed by atoms with Crippen molar-refractivity contribution in [3.63, 3.8) is 0 Å². The molecular weight excluding hydrogens is 392 g/mol. The quantitative estimate of drug-likeness (QED) is 0.517. The van der Waals surface area contributed by atoms with Crippen LogP contribution in [-0.2, 0) is 19.0 Å².